The van der Waals surface area contributed by atoms with Gasteiger partial charge in [0.05, 0.1) is 12.6 Å². The van der Waals surface area contributed by atoms with Crippen LogP contribution < -0.4 is 16.4 Å². The minimum absolute atomic E-state index is 0.00976. The first-order valence-electron chi connectivity index (χ1n) is 5.95. The lowest BCUT2D eigenvalue weighted by Crippen LogP contribution is -2.43. The van der Waals surface area contributed by atoms with Gasteiger partial charge in [0, 0.05) is 12.6 Å². The summed E-state index contributed by atoms with van der Waals surface area (Å²) >= 11 is 0. The van der Waals surface area contributed by atoms with Gasteiger partial charge in [-0.15, -0.1) is 0 Å². The minimum atomic E-state index is -0.463. The molecule has 2 unspecified atom stereocenters. The zero-order valence-corrected chi connectivity index (χ0v) is 10.4. The molecule has 4 N–H and O–H groups in total. The van der Waals surface area contributed by atoms with E-state index in [9.17, 15) is 9.59 Å². The molecule has 0 aromatic heterocycles. The fourth-order valence-corrected chi connectivity index (χ4v) is 1.73. The smallest absolute Gasteiger partial charge is 0.249 e. The highest BCUT2D eigenvalue weighted by Crippen LogP contribution is 2.18. The van der Waals surface area contributed by atoms with E-state index in [2.05, 4.69) is 10.6 Å². The van der Waals surface area contributed by atoms with Gasteiger partial charge in [-0.3, -0.25) is 9.59 Å². The predicted molar refractivity (Wildman–Crippen MR) is 63.2 cm³/mol. The van der Waals surface area contributed by atoms with Gasteiger partial charge in [-0.2, -0.15) is 0 Å². The lowest BCUT2D eigenvalue weighted by molar-refractivity contribution is -0.134. The van der Waals surface area contributed by atoms with Crippen LogP contribution in [0.4, 0.5) is 0 Å². The first kappa shape index (κ1) is 13.9. The van der Waals surface area contributed by atoms with Crippen molar-refractivity contribution in [3.05, 3.63) is 0 Å². The second-order valence-electron chi connectivity index (χ2n) is 4.50. The van der Waals surface area contributed by atoms with Crippen LogP contribution in [-0.2, 0) is 14.3 Å². The molecule has 6 heteroatoms. The van der Waals surface area contributed by atoms with E-state index in [0.29, 0.717) is 13.0 Å². The summed E-state index contributed by atoms with van der Waals surface area (Å²) in [6.45, 7) is 4.15. The van der Waals surface area contributed by atoms with E-state index in [1.54, 1.807) is 0 Å². The molecule has 0 bridgehead atoms. The number of carbonyl (C=O) groups excluding carboxylic acids is 2. The number of nitrogens with one attached hydrogen (secondary N) is 2. The molecule has 98 valence electrons. The quantitative estimate of drug-likeness (QED) is 0.585. The monoisotopic (exact) mass is 243 g/mol. The Hall–Kier alpha value is -1.14. The average Bonchev–Trinajstić information content (AvgIpc) is 2.73. The van der Waals surface area contributed by atoms with Gasteiger partial charge in [0.25, 0.3) is 0 Å². The van der Waals surface area contributed by atoms with E-state index in [0.717, 1.165) is 6.42 Å². The number of rotatable bonds is 5. The fourth-order valence-electron chi connectivity index (χ4n) is 1.73. The van der Waals surface area contributed by atoms with Crippen molar-refractivity contribution < 1.29 is 14.3 Å². The minimum Gasteiger partial charge on any atom is -0.364 e. The topological polar surface area (TPSA) is 93.5 Å². The number of ether oxygens (including phenoxy) is 1. The Morgan fingerprint density at radius 3 is 2.65 bits per heavy atom. The van der Waals surface area contributed by atoms with E-state index in [1.807, 2.05) is 13.8 Å². The van der Waals surface area contributed by atoms with Gasteiger partial charge in [-0.05, 0) is 26.7 Å². The van der Waals surface area contributed by atoms with Gasteiger partial charge in [0.2, 0.25) is 11.8 Å². The third kappa shape index (κ3) is 4.70. The average molecular weight is 243 g/mol. The molecule has 1 heterocycles. The highest BCUT2D eigenvalue weighted by Gasteiger charge is 2.29. The molecule has 1 rings (SSSR count). The zero-order chi connectivity index (χ0) is 12.8. The molecule has 1 saturated heterocycles. The molecule has 0 aromatic rings. The van der Waals surface area contributed by atoms with Crippen LogP contribution >= 0.6 is 0 Å². The van der Waals surface area contributed by atoms with Crippen molar-refractivity contribution in [3.63, 3.8) is 0 Å². The summed E-state index contributed by atoms with van der Waals surface area (Å²) in [7, 11) is 0. The summed E-state index contributed by atoms with van der Waals surface area (Å²) < 4.78 is 5.42. The van der Waals surface area contributed by atoms with Crippen LogP contribution in [0.25, 0.3) is 0 Å². The number of amides is 2. The Kier molecular flexibility index (Phi) is 5.37. The normalized spacial score (nSPS) is 23.8. The zero-order valence-electron chi connectivity index (χ0n) is 10.4. The molecule has 2 atom stereocenters. The van der Waals surface area contributed by atoms with Gasteiger partial charge in [-0.1, -0.05) is 0 Å². The van der Waals surface area contributed by atoms with Gasteiger partial charge in [0.1, 0.15) is 6.10 Å². The number of hydrogen-bond donors (Lipinski definition) is 3. The van der Waals surface area contributed by atoms with E-state index in [1.165, 1.54) is 0 Å². The van der Waals surface area contributed by atoms with Crippen LogP contribution in [0.5, 0.6) is 0 Å². The highest BCUT2D eigenvalue weighted by molar-refractivity contribution is 5.87. The molecule has 0 radical (unpaired) electrons. The first-order chi connectivity index (χ1) is 8.02. The van der Waals surface area contributed by atoms with Crippen LogP contribution in [-0.4, -0.2) is 43.2 Å². The maximum atomic E-state index is 11.6. The molecule has 0 aromatic carbocycles. The van der Waals surface area contributed by atoms with Crippen LogP contribution in [0.1, 0.15) is 26.7 Å². The summed E-state index contributed by atoms with van der Waals surface area (Å²) in [6, 6.07) is 0.0729. The Bertz CT molecular complexity index is 281. The standard InChI is InChI=1S/C11H21N3O3/c1-7(2)14-10(15)6-13-11(16)9-4-3-8(5-12)17-9/h7-9H,3-6,12H2,1-2H3,(H,13,16)(H,14,15). The maximum Gasteiger partial charge on any atom is 0.249 e. The summed E-state index contributed by atoms with van der Waals surface area (Å²) in [4.78, 5) is 22.9. The summed E-state index contributed by atoms with van der Waals surface area (Å²) in [6.07, 6.45) is 0.970. The van der Waals surface area contributed by atoms with Crippen molar-refractivity contribution in [3.8, 4) is 0 Å². The second-order valence-corrected chi connectivity index (χ2v) is 4.50. The van der Waals surface area contributed by atoms with E-state index >= 15 is 0 Å². The largest absolute Gasteiger partial charge is 0.364 e. The van der Waals surface area contributed by atoms with Gasteiger partial charge >= 0.3 is 0 Å². The van der Waals surface area contributed by atoms with Crippen LogP contribution in [0, 0.1) is 0 Å². The maximum absolute atomic E-state index is 11.6. The third-order valence-corrected chi connectivity index (χ3v) is 2.54. The van der Waals surface area contributed by atoms with Crippen LogP contribution in [0.2, 0.25) is 0 Å². The second kappa shape index (κ2) is 6.56. The van der Waals surface area contributed by atoms with Crippen molar-refractivity contribution in [1.29, 1.82) is 0 Å². The molecule has 1 aliphatic rings. The summed E-state index contributed by atoms with van der Waals surface area (Å²) in [5.74, 6) is -0.429. The highest BCUT2D eigenvalue weighted by atomic mass is 16.5. The Morgan fingerprint density at radius 2 is 2.12 bits per heavy atom. The summed E-state index contributed by atoms with van der Waals surface area (Å²) in [5, 5.41) is 5.25. The van der Waals surface area contributed by atoms with Crippen molar-refractivity contribution in [2.45, 2.75) is 44.9 Å². The Morgan fingerprint density at radius 1 is 1.41 bits per heavy atom. The number of hydrogen-bond acceptors (Lipinski definition) is 4. The molecule has 0 aliphatic carbocycles. The molecule has 1 fully saturated rings. The predicted octanol–water partition coefficient (Wildman–Crippen LogP) is -0.866. The molecular weight excluding hydrogens is 222 g/mol. The SMILES string of the molecule is CC(C)NC(=O)CNC(=O)C1CCC(CN)O1. The van der Waals surface area contributed by atoms with E-state index in [-0.39, 0.29) is 30.5 Å². The van der Waals surface area contributed by atoms with Gasteiger partial charge < -0.3 is 21.1 Å². The third-order valence-electron chi connectivity index (χ3n) is 2.54. The molecule has 1 aliphatic heterocycles. The van der Waals surface area contributed by atoms with Crippen molar-refractivity contribution in [2.75, 3.05) is 13.1 Å². The van der Waals surface area contributed by atoms with E-state index < -0.39 is 6.10 Å². The van der Waals surface area contributed by atoms with Gasteiger partial charge in [-0.25, -0.2) is 0 Å². The lowest BCUT2D eigenvalue weighted by Gasteiger charge is -2.13. The van der Waals surface area contributed by atoms with Crippen LogP contribution in [0.15, 0.2) is 0 Å². The first-order valence-corrected chi connectivity index (χ1v) is 5.95. The molecule has 17 heavy (non-hydrogen) atoms. The van der Waals surface area contributed by atoms with Crippen molar-refractivity contribution >= 4 is 11.8 Å². The van der Waals surface area contributed by atoms with Gasteiger partial charge in [0.15, 0.2) is 0 Å². The molecule has 0 spiro atoms. The fraction of sp³-hybridized carbons (Fsp3) is 0.818. The Labute approximate surface area is 101 Å². The molecule has 2 amide bonds. The summed E-state index contributed by atoms with van der Waals surface area (Å²) in [5.41, 5.74) is 5.45. The number of carbonyl (C=O) groups is 2. The van der Waals surface area contributed by atoms with E-state index in [4.69, 9.17) is 10.5 Å². The Balaban J connectivity index is 2.24. The number of nitrogens with two attached hydrogens (primary N) is 1. The molecule has 0 saturated carbocycles. The van der Waals surface area contributed by atoms with Crippen molar-refractivity contribution in [1.82, 2.24) is 10.6 Å². The van der Waals surface area contributed by atoms with Crippen LogP contribution in [0.3, 0.4) is 0 Å². The molecular formula is C11H21N3O3. The van der Waals surface area contributed by atoms with Crippen molar-refractivity contribution in [2.24, 2.45) is 5.73 Å². The molecule has 6 nitrogen and oxygen atoms in total. The lowest BCUT2D eigenvalue weighted by atomic mass is 10.2.